The normalized spacial score (nSPS) is 41.8. The highest BCUT2D eigenvalue weighted by atomic mass is 16.1. The topological polar surface area (TPSA) is 72.3 Å². The molecule has 1 saturated heterocycles. The minimum atomic E-state index is -0.730. The zero-order valence-electron chi connectivity index (χ0n) is 12.5. The Hall–Kier alpha value is -0.610. The van der Waals surface area contributed by atoms with Crippen molar-refractivity contribution < 1.29 is 4.79 Å². The molecule has 4 nitrogen and oxygen atoms in total. The molecule has 2 aliphatic carbocycles. The molecule has 1 aliphatic heterocycles. The van der Waals surface area contributed by atoms with E-state index in [2.05, 4.69) is 4.90 Å². The van der Waals surface area contributed by atoms with Gasteiger partial charge in [0, 0.05) is 6.04 Å². The number of carbonyl (C=O) groups excluding carboxylic acids is 1. The first kappa shape index (κ1) is 14.3. The summed E-state index contributed by atoms with van der Waals surface area (Å²) in [6.07, 6.45) is 10.9. The van der Waals surface area contributed by atoms with Crippen LogP contribution in [0.3, 0.4) is 0 Å². The molecule has 0 aromatic carbocycles. The van der Waals surface area contributed by atoms with Crippen molar-refractivity contribution in [2.45, 2.75) is 69.4 Å². The first-order valence-corrected chi connectivity index (χ1v) is 8.44. The van der Waals surface area contributed by atoms with Crippen LogP contribution >= 0.6 is 0 Å². The smallest absolute Gasteiger partial charge is 0.237 e. The number of nitrogens with zero attached hydrogens (tertiary/aromatic N) is 1. The minimum Gasteiger partial charge on any atom is -0.368 e. The van der Waals surface area contributed by atoms with Gasteiger partial charge in [0.15, 0.2) is 0 Å². The molecule has 4 atom stereocenters. The van der Waals surface area contributed by atoms with Crippen LogP contribution in [0.5, 0.6) is 0 Å². The molecule has 0 aromatic rings. The van der Waals surface area contributed by atoms with Gasteiger partial charge >= 0.3 is 0 Å². The van der Waals surface area contributed by atoms with E-state index in [0.29, 0.717) is 5.92 Å². The monoisotopic (exact) mass is 279 g/mol. The average molecular weight is 279 g/mol. The van der Waals surface area contributed by atoms with Crippen LogP contribution in [-0.4, -0.2) is 35.5 Å². The number of primary amides is 1. The van der Waals surface area contributed by atoms with Crippen molar-refractivity contribution in [3.05, 3.63) is 0 Å². The molecular formula is C16H29N3O. The Balaban J connectivity index is 1.55. The first-order valence-electron chi connectivity index (χ1n) is 8.44. The highest BCUT2D eigenvalue weighted by molar-refractivity contribution is 5.85. The van der Waals surface area contributed by atoms with E-state index < -0.39 is 5.54 Å². The van der Waals surface area contributed by atoms with Crippen LogP contribution in [0.25, 0.3) is 0 Å². The molecular weight excluding hydrogens is 250 g/mol. The van der Waals surface area contributed by atoms with Gasteiger partial charge in [0.05, 0.1) is 5.54 Å². The number of likely N-dealkylation sites (tertiary alicyclic amines) is 1. The highest BCUT2D eigenvalue weighted by Crippen LogP contribution is 2.39. The van der Waals surface area contributed by atoms with E-state index in [1.807, 2.05) is 0 Å². The largest absolute Gasteiger partial charge is 0.368 e. The Labute approximate surface area is 122 Å². The van der Waals surface area contributed by atoms with Crippen molar-refractivity contribution in [2.75, 3.05) is 13.1 Å². The number of hydrogen-bond acceptors (Lipinski definition) is 3. The summed E-state index contributed by atoms with van der Waals surface area (Å²) in [6.45, 7) is 2.36. The van der Waals surface area contributed by atoms with E-state index in [0.717, 1.165) is 44.2 Å². The standard InChI is InChI=1S/C16H29N3O/c17-15(20)16(18)9-3-5-13(16)8-11-19-10-7-12-4-1-2-6-14(12)19/h12-14H,1-11,18H2,(H2,17,20). The summed E-state index contributed by atoms with van der Waals surface area (Å²) < 4.78 is 0. The predicted molar refractivity (Wildman–Crippen MR) is 80.0 cm³/mol. The molecule has 4 heteroatoms. The summed E-state index contributed by atoms with van der Waals surface area (Å²) in [5, 5.41) is 0. The molecule has 114 valence electrons. The van der Waals surface area contributed by atoms with Gasteiger partial charge in [-0.25, -0.2) is 0 Å². The second-order valence-corrected chi connectivity index (χ2v) is 7.22. The molecule has 1 heterocycles. The molecule has 0 spiro atoms. The lowest BCUT2D eigenvalue weighted by molar-refractivity contribution is -0.124. The Bertz CT molecular complexity index is 373. The van der Waals surface area contributed by atoms with Crippen molar-refractivity contribution in [3.63, 3.8) is 0 Å². The fraction of sp³-hybridized carbons (Fsp3) is 0.938. The minimum absolute atomic E-state index is 0.294. The van der Waals surface area contributed by atoms with E-state index in [-0.39, 0.29) is 5.91 Å². The number of carbonyl (C=O) groups is 1. The molecule has 3 fully saturated rings. The summed E-state index contributed by atoms with van der Waals surface area (Å²) in [6, 6.07) is 0.811. The van der Waals surface area contributed by atoms with E-state index in [9.17, 15) is 4.79 Å². The third kappa shape index (κ3) is 2.48. The molecule has 4 N–H and O–H groups in total. The Kier molecular flexibility index (Phi) is 4.04. The maximum absolute atomic E-state index is 11.6. The fourth-order valence-electron chi connectivity index (χ4n) is 4.93. The maximum Gasteiger partial charge on any atom is 0.237 e. The Morgan fingerprint density at radius 3 is 2.75 bits per heavy atom. The molecule has 0 aromatic heterocycles. The lowest BCUT2D eigenvalue weighted by Crippen LogP contribution is -2.55. The van der Waals surface area contributed by atoms with Gasteiger partial charge in [-0.05, 0) is 63.5 Å². The van der Waals surface area contributed by atoms with Crippen LogP contribution in [0.2, 0.25) is 0 Å². The molecule has 3 aliphatic rings. The molecule has 4 unspecified atom stereocenters. The van der Waals surface area contributed by atoms with E-state index in [4.69, 9.17) is 11.5 Å². The summed E-state index contributed by atoms with van der Waals surface area (Å²) in [7, 11) is 0. The second kappa shape index (κ2) is 5.64. The van der Waals surface area contributed by atoms with Crippen LogP contribution in [0, 0.1) is 11.8 Å². The van der Waals surface area contributed by atoms with Gasteiger partial charge in [-0.1, -0.05) is 19.3 Å². The number of nitrogens with two attached hydrogens (primary N) is 2. The van der Waals surface area contributed by atoms with E-state index in [1.165, 1.54) is 38.6 Å². The van der Waals surface area contributed by atoms with Crippen molar-refractivity contribution in [1.29, 1.82) is 0 Å². The predicted octanol–water partition coefficient (Wildman–Crippen LogP) is 1.62. The molecule has 3 rings (SSSR count). The van der Waals surface area contributed by atoms with Crippen LogP contribution < -0.4 is 11.5 Å². The number of amides is 1. The third-order valence-electron chi connectivity index (χ3n) is 6.22. The lowest BCUT2D eigenvalue weighted by Gasteiger charge is -2.34. The highest BCUT2D eigenvalue weighted by Gasteiger charge is 2.44. The second-order valence-electron chi connectivity index (χ2n) is 7.22. The zero-order chi connectivity index (χ0) is 14.2. The summed E-state index contributed by atoms with van der Waals surface area (Å²) in [5.41, 5.74) is 11.1. The molecule has 0 bridgehead atoms. The maximum atomic E-state index is 11.6. The van der Waals surface area contributed by atoms with E-state index in [1.54, 1.807) is 0 Å². The summed E-state index contributed by atoms with van der Waals surface area (Å²) in [5.74, 6) is 0.936. The quantitative estimate of drug-likeness (QED) is 0.821. The van der Waals surface area contributed by atoms with Gasteiger partial charge in [-0.2, -0.15) is 0 Å². The number of fused-ring (bicyclic) bond motifs is 1. The van der Waals surface area contributed by atoms with Gasteiger partial charge in [0.1, 0.15) is 0 Å². The first-order chi connectivity index (χ1) is 9.61. The molecule has 0 radical (unpaired) electrons. The van der Waals surface area contributed by atoms with Gasteiger partial charge in [-0.3, -0.25) is 4.79 Å². The van der Waals surface area contributed by atoms with Crippen LogP contribution in [0.4, 0.5) is 0 Å². The fourth-order valence-corrected chi connectivity index (χ4v) is 4.93. The van der Waals surface area contributed by atoms with Crippen molar-refractivity contribution >= 4 is 5.91 Å². The molecule has 1 amide bonds. The van der Waals surface area contributed by atoms with Gasteiger partial charge in [-0.15, -0.1) is 0 Å². The summed E-state index contributed by atoms with van der Waals surface area (Å²) >= 11 is 0. The van der Waals surface area contributed by atoms with Crippen molar-refractivity contribution in [1.82, 2.24) is 4.90 Å². The van der Waals surface area contributed by atoms with Crippen LogP contribution in [-0.2, 0) is 4.79 Å². The van der Waals surface area contributed by atoms with Crippen molar-refractivity contribution in [3.8, 4) is 0 Å². The van der Waals surface area contributed by atoms with Crippen LogP contribution in [0.1, 0.15) is 57.8 Å². The van der Waals surface area contributed by atoms with Crippen molar-refractivity contribution in [2.24, 2.45) is 23.3 Å². The van der Waals surface area contributed by atoms with E-state index >= 15 is 0 Å². The Morgan fingerprint density at radius 1 is 1.15 bits per heavy atom. The average Bonchev–Trinajstić information content (AvgIpc) is 3.01. The molecule has 2 saturated carbocycles. The van der Waals surface area contributed by atoms with Crippen LogP contribution in [0.15, 0.2) is 0 Å². The lowest BCUT2D eigenvalue weighted by atomic mass is 9.83. The number of rotatable bonds is 4. The molecule has 20 heavy (non-hydrogen) atoms. The Morgan fingerprint density at radius 2 is 1.95 bits per heavy atom. The van der Waals surface area contributed by atoms with Gasteiger partial charge in [0.25, 0.3) is 0 Å². The summed E-state index contributed by atoms with van der Waals surface area (Å²) in [4.78, 5) is 14.3. The zero-order valence-corrected chi connectivity index (χ0v) is 12.5. The third-order valence-corrected chi connectivity index (χ3v) is 6.22. The SMILES string of the molecule is NC(=O)C1(N)CCCC1CCN1CCC2CCCCC21. The van der Waals surface area contributed by atoms with Gasteiger partial charge in [0.2, 0.25) is 5.91 Å². The number of hydrogen-bond donors (Lipinski definition) is 2. The van der Waals surface area contributed by atoms with Gasteiger partial charge < -0.3 is 16.4 Å².